The third-order valence-corrected chi connectivity index (χ3v) is 3.59. The molecule has 0 saturated heterocycles. The van der Waals surface area contributed by atoms with Crippen LogP contribution >= 0.6 is 11.8 Å². The van der Waals surface area contributed by atoms with Gasteiger partial charge in [-0.1, -0.05) is 42.5 Å². The minimum atomic E-state index is 0.0799. The summed E-state index contributed by atoms with van der Waals surface area (Å²) in [6, 6.07) is 19.0. The predicted molar refractivity (Wildman–Crippen MR) is 75.3 cm³/mol. The average Bonchev–Trinajstić information content (AvgIpc) is 2.40. The van der Waals surface area contributed by atoms with Gasteiger partial charge in [-0.2, -0.15) is 0 Å². The maximum atomic E-state index is 6.19. The van der Waals surface area contributed by atoms with Crippen LogP contribution in [0.4, 0.5) is 0 Å². The lowest BCUT2D eigenvalue weighted by molar-refractivity contribution is 0.721. The first-order valence-electron chi connectivity index (χ1n) is 5.73. The van der Waals surface area contributed by atoms with E-state index in [1.807, 2.05) is 18.2 Å². The molecule has 0 aromatic heterocycles. The molecule has 0 saturated carbocycles. The van der Waals surface area contributed by atoms with Gasteiger partial charge >= 0.3 is 0 Å². The van der Waals surface area contributed by atoms with E-state index >= 15 is 0 Å². The van der Waals surface area contributed by atoms with E-state index in [4.69, 9.17) is 5.73 Å². The Bertz CT molecular complexity index is 450. The van der Waals surface area contributed by atoms with E-state index in [-0.39, 0.29) is 6.04 Å². The lowest BCUT2D eigenvalue weighted by Crippen LogP contribution is -2.13. The van der Waals surface area contributed by atoms with Gasteiger partial charge in [-0.3, -0.25) is 0 Å². The molecule has 2 rings (SSSR count). The zero-order valence-electron chi connectivity index (χ0n) is 9.97. The smallest absolute Gasteiger partial charge is 0.0335 e. The topological polar surface area (TPSA) is 26.0 Å². The van der Waals surface area contributed by atoms with Crippen molar-refractivity contribution in [1.82, 2.24) is 0 Å². The third kappa shape index (κ3) is 3.35. The van der Waals surface area contributed by atoms with E-state index in [1.165, 1.54) is 16.0 Å². The summed E-state index contributed by atoms with van der Waals surface area (Å²) in [4.78, 5) is 1.29. The van der Waals surface area contributed by atoms with Crippen LogP contribution < -0.4 is 5.73 Å². The molecule has 0 radical (unpaired) electrons. The van der Waals surface area contributed by atoms with E-state index in [1.54, 1.807) is 11.8 Å². The summed E-state index contributed by atoms with van der Waals surface area (Å²) in [7, 11) is 0. The standard InChI is InChI=1S/C15H17NS/c1-17-14-9-7-12(8-10-14)11-15(16)13-5-3-2-4-6-13/h2-10,15H,11,16H2,1H3. The Morgan fingerprint density at radius 3 is 2.24 bits per heavy atom. The van der Waals surface area contributed by atoms with Crippen LogP contribution in [0.25, 0.3) is 0 Å². The van der Waals surface area contributed by atoms with Gasteiger partial charge in [-0.15, -0.1) is 11.8 Å². The van der Waals surface area contributed by atoms with Crippen LogP contribution in [0, 0.1) is 0 Å². The highest BCUT2D eigenvalue weighted by atomic mass is 32.2. The van der Waals surface area contributed by atoms with Crippen molar-refractivity contribution in [3.8, 4) is 0 Å². The molecule has 17 heavy (non-hydrogen) atoms. The Balaban J connectivity index is 2.05. The molecule has 2 aromatic rings. The molecule has 0 bridgehead atoms. The van der Waals surface area contributed by atoms with Gasteiger partial charge in [0.05, 0.1) is 0 Å². The Morgan fingerprint density at radius 1 is 1.00 bits per heavy atom. The fourth-order valence-corrected chi connectivity index (χ4v) is 2.24. The zero-order valence-corrected chi connectivity index (χ0v) is 10.8. The molecule has 0 amide bonds. The molecule has 0 heterocycles. The molecule has 2 aromatic carbocycles. The van der Waals surface area contributed by atoms with Gasteiger partial charge in [-0.05, 0) is 35.9 Å². The second-order valence-electron chi connectivity index (χ2n) is 4.07. The van der Waals surface area contributed by atoms with Crippen molar-refractivity contribution in [2.24, 2.45) is 5.73 Å². The van der Waals surface area contributed by atoms with Gasteiger partial charge < -0.3 is 5.73 Å². The Morgan fingerprint density at radius 2 is 1.65 bits per heavy atom. The van der Waals surface area contributed by atoms with Gasteiger partial charge in [0.25, 0.3) is 0 Å². The molecular formula is C15H17NS. The molecule has 2 N–H and O–H groups in total. The number of rotatable bonds is 4. The van der Waals surface area contributed by atoms with Crippen LogP contribution in [-0.2, 0) is 6.42 Å². The predicted octanol–water partition coefficient (Wildman–Crippen LogP) is 3.65. The molecular weight excluding hydrogens is 226 g/mol. The van der Waals surface area contributed by atoms with Gasteiger partial charge in [-0.25, -0.2) is 0 Å². The van der Waals surface area contributed by atoms with Crippen molar-refractivity contribution >= 4 is 11.8 Å². The molecule has 2 heteroatoms. The van der Waals surface area contributed by atoms with Crippen molar-refractivity contribution in [3.05, 3.63) is 65.7 Å². The highest BCUT2D eigenvalue weighted by Gasteiger charge is 2.06. The summed E-state index contributed by atoms with van der Waals surface area (Å²) < 4.78 is 0. The molecule has 0 fully saturated rings. The van der Waals surface area contributed by atoms with E-state index < -0.39 is 0 Å². The molecule has 0 aliphatic heterocycles. The first-order valence-corrected chi connectivity index (χ1v) is 6.95. The molecule has 0 spiro atoms. The van der Waals surface area contributed by atoms with Gasteiger partial charge in [0.1, 0.15) is 0 Å². The van der Waals surface area contributed by atoms with Gasteiger partial charge in [0.15, 0.2) is 0 Å². The molecule has 88 valence electrons. The van der Waals surface area contributed by atoms with Gasteiger partial charge in [0, 0.05) is 10.9 Å². The number of nitrogens with two attached hydrogens (primary N) is 1. The highest BCUT2D eigenvalue weighted by molar-refractivity contribution is 7.98. The van der Waals surface area contributed by atoms with Gasteiger partial charge in [0.2, 0.25) is 0 Å². The maximum absolute atomic E-state index is 6.19. The van der Waals surface area contributed by atoms with Crippen molar-refractivity contribution in [1.29, 1.82) is 0 Å². The average molecular weight is 243 g/mol. The minimum Gasteiger partial charge on any atom is -0.324 e. The lowest BCUT2D eigenvalue weighted by atomic mass is 10.00. The summed E-state index contributed by atoms with van der Waals surface area (Å²) in [5.74, 6) is 0. The van der Waals surface area contributed by atoms with Crippen molar-refractivity contribution in [2.75, 3.05) is 6.26 Å². The fourth-order valence-electron chi connectivity index (χ4n) is 1.83. The van der Waals surface area contributed by atoms with E-state index in [0.717, 1.165) is 6.42 Å². The Kier molecular flexibility index (Phi) is 4.24. The molecule has 1 unspecified atom stereocenters. The summed E-state index contributed by atoms with van der Waals surface area (Å²) in [5, 5.41) is 0. The summed E-state index contributed by atoms with van der Waals surface area (Å²) in [6.07, 6.45) is 2.98. The number of hydrogen-bond acceptors (Lipinski definition) is 2. The minimum absolute atomic E-state index is 0.0799. The van der Waals surface area contributed by atoms with Crippen molar-refractivity contribution in [3.63, 3.8) is 0 Å². The van der Waals surface area contributed by atoms with Crippen LogP contribution in [0.15, 0.2) is 59.5 Å². The SMILES string of the molecule is CSc1ccc(CC(N)c2ccccc2)cc1. The fraction of sp³-hybridized carbons (Fsp3) is 0.200. The Hall–Kier alpha value is -1.25. The first kappa shape index (κ1) is 12.2. The van der Waals surface area contributed by atoms with Crippen LogP contribution in [-0.4, -0.2) is 6.26 Å². The summed E-state index contributed by atoms with van der Waals surface area (Å²) in [6.45, 7) is 0. The quantitative estimate of drug-likeness (QED) is 0.829. The maximum Gasteiger partial charge on any atom is 0.0335 e. The van der Waals surface area contributed by atoms with Crippen LogP contribution in [0.1, 0.15) is 17.2 Å². The highest BCUT2D eigenvalue weighted by Crippen LogP contribution is 2.19. The number of thioether (sulfide) groups is 1. The lowest BCUT2D eigenvalue weighted by Gasteiger charge is -2.12. The molecule has 0 aliphatic carbocycles. The molecule has 0 aliphatic rings. The van der Waals surface area contributed by atoms with E-state index in [9.17, 15) is 0 Å². The molecule has 1 atom stereocenters. The Labute approximate surface area is 107 Å². The number of hydrogen-bond donors (Lipinski definition) is 1. The van der Waals surface area contributed by atoms with Crippen LogP contribution in [0.5, 0.6) is 0 Å². The second-order valence-corrected chi connectivity index (χ2v) is 4.95. The monoisotopic (exact) mass is 243 g/mol. The number of benzene rings is 2. The summed E-state index contributed by atoms with van der Waals surface area (Å²) >= 11 is 1.76. The van der Waals surface area contributed by atoms with Crippen LogP contribution in [0.2, 0.25) is 0 Å². The normalized spacial score (nSPS) is 12.4. The van der Waals surface area contributed by atoms with E-state index in [2.05, 4.69) is 42.7 Å². The third-order valence-electron chi connectivity index (χ3n) is 2.84. The van der Waals surface area contributed by atoms with E-state index in [0.29, 0.717) is 0 Å². The first-order chi connectivity index (χ1) is 8.29. The largest absolute Gasteiger partial charge is 0.324 e. The molecule has 1 nitrogen and oxygen atoms in total. The summed E-state index contributed by atoms with van der Waals surface area (Å²) in [5.41, 5.74) is 8.68. The second kappa shape index (κ2) is 5.89. The van der Waals surface area contributed by atoms with Crippen molar-refractivity contribution < 1.29 is 0 Å². The van der Waals surface area contributed by atoms with Crippen molar-refractivity contribution in [2.45, 2.75) is 17.4 Å². The van der Waals surface area contributed by atoms with Crippen LogP contribution in [0.3, 0.4) is 0 Å². The zero-order chi connectivity index (χ0) is 12.1.